The lowest BCUT2D eigenvalue weighted by Gasteiger charge is -2.37. The maximum absolute atomic E-state index is 12.8. The summed E-state index contributed by atoms with van der Waals surface area (Å²) in [5.41, 5.74) is 9.95. The molecule has 0 amide bonds. The fraction of sp³-hybridized carbons (Fsp3) is 0.227. The van der Waals surface area contributed by atoms with Crippen molar-refractivity contribution in [1.29, 1.82) is 0 Å². The van der Waals surface area contributed by atoms with Crippen LogP contribution in [-0.2, 0) is 13.5 Å². The number of pyridine rings is 1. The number of aryl methyl sites for hydroxylation is 1. The summed E-state index contributed by atoms with van der Waals surface area (Å²) in [6.45, 7) is 1.53. The highest BCUT2D eigenvalue weighted by atomic mass is 16.1. The van der Waals surface area contributed by atoms with Gasteiger partial charge in [0, 0.05) is 48.9 Å². The summed E-state index contributed by atoms with van der Waals surface area (Å²) in [4.78, 5) is 23.4. The Balaban J connectivity index is 1.39. The van der Waals surface area contributed by atoms with E-state index >= 15 is 0 Å². The Kier molecular flexibility index (Phi) is 4.48. The zero-order valence-electron chi connectivity index (χ0n) is 16.6. The number of aromatic nitrogens is 5. The minimum absolute atomic E-state index is 0.0140. The molecule has 0 atom stereocenters. The Morgan fingerprint density at radius 3 is 2.80 bits per heavy atom. The van der Waals surface area contributed by atoms with Gasteiger partial charge in [-0.1, -0.05) is 6.07 Å². The number of benzene rings is 1. The fourth-order valence-corrected chi connectivity index (χ4v) is 3.70. The van der Waals surface area contributed by atoms with Gasteiger partial charge in [0.25, 0.3) is 0 Å². The molecule has 1 aliphatic heterocycles. The molecule has 3 aromatic heterocycles. The molecular formula is C22H21N7O. The monoisotopic (exact) mass is 399 g/mol. The van der Waals surface area contributed by atoms with Crippen LogP contribution in [0.2, 0.25) is 0 Å². The third kappa shape index (κ3) is 3.42. The van der Waals surface area contributed by atoms with Gasteiger partial charge in [-0.15, -0.1) is 0 Å². The minimum atomic E-state index is -0.0140. The van der Waals surface area contributed by atoms with Gasteiger partial charge in [-0.2, -0.15) is 10.2 Å². The van der Waals surface area contributed by atoms with Crippen LogP contribution < -0.4 is 10.6 Å². The summed E-state index contributed by atoms with van der Waals surface area (Å²) in [5, 5.41) is 9.48. The van der Waals surface area contributed by atoms with Crippen molar-refractivity contribution in [2.75, 3.05) is 18.0 Å². The Labute approximate surface area is 173 Å². The van der Waals surface area contributed by atoms with E-state index in [1.165, 1.54) is 0 Å². The molecule has 1 aliphatic rings. The van der Waals surface area contributed by atoms with Crippen LogP contribution >= 0.6 is 0 Å². The molecule has 8 heteroatoms. The number of hydrogen-bond acceptors (Lipinski definition) is 7. The van der Waals surface area contributed by atoms with Crippen molar-refractivity contribution >= 4 is 22.5 Å². The predicted octanol–water partition coefficient (Wildman–Crippen LogP) is 2.00. The molecule has 4 heterocycles. The molecular weight excluding hydrogens is 378 g/mol. The van der Waals surface area contributed by atoms with E-state index in [0.717, 1.165) is 41.1 Å². The normalized spacial score (nSPS) is 14.1. The van der Waals surface area contributed by atoms with Gasteiger partial charge in [0.15, 0.2) is 5.78 Å². The molecule has 0 bridgehead atoms. The van der Waals surface area contributed by atoms with Crippen molar-refractivity contribution in [2.45, 2.75) is 12.5 Å². The van der Waals surface area contributed by atoms with Crippen LogP contribution in [0.15, 0.2) is 55.1 Å². The molecule has 1 saturated heterocycles. The van der Waals surface area contributed by atoms with Crippen molar-refractivity contribution in [2.24, 2.45) is 12.8 Å². The van der Waals surface area contributed by atoms with Crippen LogP contribution in [0.4, 0.5) is 5.82 Å². The number of carbonyl (C=O) groups excluding carboxylic acids is 1. The van der Waals surface area contributed by atoms with Crippen molar-refractivity contribution in [1.82, 2.24) is 24.7 Å². The van der Waals surface area contributed by atoms with Gasteiger partial charge in [0.2, 0.25) is 0 Å². The second-order valence-corrected chi connectivity index (χ2v) is 7.67. The molecule has 0 unspecified atom stereocenters. The molecule has 0 radical (unpaired) electrons. The van der Waals surface area contributed by atoms with E-state index in [-0.39, 0.29) is 18.2 Å². The van der Waals surface area contributed by atoms with Crippen LogP contribution in [0, 0.1) is 0 Å². The average molecular weight is 399 g/mol. The zero-order chi connectivity index (χ0) is 20.7. The van der Waals surface area contributed by atoms with Gasteiger partial charge in [0.05, 0.1) is 35.8 Å². The van der Waals surface area contributed by atoms with Crippen LogP contribution in [0.3, 0.4) is 0 Å². The predicted molar refractivity (Wildman–Crippen MR) is 114 cm³/mol. The van der Waals surface area contributed by atoms with E-state index in [4.69, 9.17) is 5.73 Å². The molecule has 0 aliphatic carbocycles. The molecule has 0 spiro atoms. The zero-order valence-corrected chi connectivity index (χ0v) is 16.6. The lowest BCUT2D eigenvalue weighted by molar-refractivity contribution is 0.0991. The summed E-state index contributed by atoms with van der Waals surface area (Å²) in [6, 6.07) is 11.6. The Hall–Kier alpha value is -3.65. The lowest BCUT2D eigenvalue weighted by Crippen LogP contribution is -2.56. The number of rotatable bonds is 5. The van der Waals surface area contributed by atoms with Gasteiger partial charge >= 0.3 is 0 Å². The van der Waals surface area contributed by atoms with Gasteiger partial charge in [-0.3, -0.25) is 4.79 Å². The number of carbonyl (C=O) groups is 1. The molecule has 1 fully saturated rings. The van der Waals surface area contributed by atoms with Gasteiger partial charge in [0.1, 0.15) is 5.82 Å². The number of anilines is 1. The van der Waals surface area contributed by atoms with Crippen LogP contribution in [0.1, 0.15) is 16.1 Å². The highest BCUT2D eigenvalue weighted by Gasteiger charge is 2.24. The van der Waals surface area contributed by atoms with Crippen molar-refractivity contribution < 1.29 is 4.79 Å². The van der Waals surface area contributed by atoms with Gasteiger partial charge < -0.3 is 15.2 Å². The van der Waals surface area contributed by atoms with Crippen molar-refractivity contribution in [3.8, 4) is 11.3 Å². The molecule has 30 heavy (non-hydrogen) atoms. The summed E-state index contributed by atoms with van der Waals surface area (Å²) < 4.78 is 1.96. The second-order valence-electron chi connectivity index (χ2n) is 7.67. The largest absolute Gasteiger partial charge is 0.353 e. The minimum Gasteiger partial charge on any atom is -0.353 e. The first-order valence-corrected chi connectivity index (χ1v) is 9.79. The van der Waals surface area contributed by atoms with Gasteiger partial charge in [-0.25, -0.2) is 9.97 Å². The van der Waals surface area contributed by atoms with E-state index in [9.17, 15) is 4.79 Å². The Morgan fingerprint density at radius 1 is 1.17 bits per heavy atom. The molecule has 5 rings (SSSR count). The molecule has 0 saturated carbocycles. The number of ketones is 1. The molecule has 2 N–H and O–H groups in total. The van der Waals surface area contributed by atoms with E-state index in [1.807, 2.05) is 48.1 Å². The standard InChI is InChI=1S/C22H21N7O/c1-28-13-24-10-20(28)14-2-3-19-16(6-14)7-18(26-27-19)9-21(30)15-4-5-25-22(8-15)29-11-17(23)12-29/h2-8,10,13,17H,9,11-12,23H2,1H3. The quantitative estimate of drug-likeness (QED) is 0.512. The van der Waals surface area contributed by atoms with Crippen LogP contribution in [-0.4, -0.2) is 49.6 Å². The molecule has 150 valence electrons. The molecule has 8 nitrogen and oxygen atoms in total. The van der Waals surface area contributed by atoms with Crippen molar-refractivity contribution in [3.63, 3.8) is 0 Å². The summed E-state index contributed by atoms with van der Waals surface area (Å²) in [7, 11) is 1.96. The van der Waals surface area contributed by atoms with E-state index in [2.05, 4.69) is 25.1 Å². The number of imidazole rings is 1. The molecule has 1 aromatic carbocycles. The highest BCUT2D eigenvalue weighted by molar-refractivity contribution is 5.98. The third-order valence-corrected chi connectivity index (χ3v) is 5.39. The summed E-state index contributed by atoms with van der Waals surface area (Å²) in [5.74, 6) is 0.771. The summed E-state index contributed by atoms with van der Waals surface area (Å²) >= 11 is 0. The first-order chi connectivity index (χ1) is 14.6. The first kappa shape index (κ1) is 18.4. The van der Waals surface area contributed by atoms with E-state index < -0.39 is 0 Å². The highest BCUT2D eigenvalue weighted by Crippen LogP contribution is 2.24. The Bertz CT molecular complexity index is 1240. The number of nitrogens with zero attached hydrogens (tertiary/aromatic N) is 6. The Morgan fingerprint density at radius 2 is 2.03 bits per heavy atom. The first-order valence-electron chi connectivity index (χ1n) is 9.79. The van der Waals surface area contributed by atoms with Gasteiger partial charge in [-0.05, 0) is 30.3 Å². The van der Waals surface area contributed by atoms with E-state index in [0.29, 0.717) is 11.3 Å². The smallest absolute Gasteiger partial charge is 0.169 e. The van der Waals surface area contributed by atoms with Crippen molar-refractivity contribution in [3.05, 3.63) is 66.4 Å². The maximum atomic E-state index is 12.8. The maximum Gasteiger partial charge on any atom is 0.169 e. The number of fused-ring (bicyclic) bond motifs is 1. The average Bonchev–Trinajstić information content (AvgIpc) is 3.17. The SMILES string of the molecule is Cn1cncc1-c1ccc2nnc(CC(=O)c3ccnc(N4CC(N)C4)c3)cc2c1. The summed E-state index contributed by atoms with van der Waals surface area (Å²) in [6.07, 6.45) is 5.44. The third-order valence-electron chi connectivity index (χ3n) is 5.39. The topological polar surface area (TPSA) is 103 Å². The lowest BCUT2D eigenvalue weighted by atomic mass is 10.0. The fourth-order valence-electron chi connectivity index (χ4n) is 3.70. The van der Waals surface area contributed by atoms with E-state index in [1.54, 1.807) is 18.6 Å². The number of Topliss-reactive ketones (excluding diaryl/α,β-unsaturated/α-hetero) is 1. The van der Waals surface area contributed by atoms with Crippen LogP contribution in [0.5, 0.6) is 0 Å². The van der Waals surface area contributed by atoms with Crippen LogP contribution in [0.25, 0.3) is 22.2 Å². The second kappa shape index (κ2) is 7.31. The number of nitrogens with two attached hydrogens (primary N) is 1. The molecule has 4 aromatic rings. The number of hydrogen-bond donors (Lipinski definition) is 1.